The van der Waals surface area contributed by atoms with Crippen molar-refractivity contribution in [2.75, 3.05) is 0 Å². The molecule has 0 bridgehead atoms. The summed E-state index contributed by atoms with van der Waals surface area (Å²) < 4.78 is 118. The van der Waals surface area contributed by atoms with E-state index in [9.17, 15) is 44.3 Å². The van der Waals surface area contributed by atoms with E-state index in [2.05, 4.69) is 4.74 Å². The fraction of sp³-hybridized carbons (Fsp3) is 0.917. The largest absolute Gasteiger partial charge is 0.462 e. The first-order chi connectivity index (χ1) is 10.3. The van der Waals surface area contributed by atoms with Crippen LogP contribution in [-0.4, -0.2) is 41.3 Å². The number of rotatable bonds is 5. The van der Waals surface area contributed by atoms with Crippen LogP contribution >= 0.6 is 0 Å². The molecule has 2 unspecified atom stereocenters. The maximum absolute atomic E-state index is 12.8. The standard InChI is InChI=1S/C12H15F9O3/c1-4-8(3,10(13,14)15)7(22)24-6(2)5-9(23,11(16,17)18)12(19,20)21/h6,23H,4-5H2,1-3H3. The molecular formula is C12H15F9O3. The quantitative estimate of drug-likeness (QED) is 0.578. The van der Waals surface area contributed by atoms with E-state index in [1.54, 1.807) is 0 Å². The Morgan fingerprint density at radius 3 is 1.58 bits per heavy atom. The molecular weight excluding hydrogens is 363 g/mol. The number of alkyl halides is 9. The predicted molar refractivity (Wildman–Crippen MR) is 61.7 cm³/mol. The highest BCUT2D eigenvalue weighted by molar-refractivity contribution is 5.77. The Kier molecular flexibility index (Phi) is 6.27. The lowest BCUT2D eigenvalue weighted by Crippen LogP contribution is -2.58. The third-order valence-corrected chi connectivity index (χ3v) is 3.61. The van der Waals surface area contributed by atoms with E-state index in [4.69, 9.17) is 5.11 Å². The van der Waals surface area contributed by atoms with Crippen LogP contribution in [0.4, 0.5) is 39.5 Å². The average molecular weight is 378 g/mol. The Balaban J connectivity index is 5.40. The second kappa shape index (κ2) is 6.60. The molecule has 3 nitrogen and oxygen atoms in total. The second-order valence-electron chi connectivity index (χ2n) is 5.46. The number of carbonyl (C=O) groups excluding carboxylic acids is 1. The fourth-order valence-corrected chi connectivity index (χ4v) is 1.62. The summed E-state index contributed by atoms with van der Waals surface area (Å²) in [5.74, 6) is -2.03. The zero-order valence-electron chi connectivity index (χ0n) is 12.7. The van der Waals surface area contributed by atoms with Crippen molar-refractivity contribution in [1.82, 2.24) is 0 Å². The molecule has 0 amide bonds. The topological polar surface area (TPSA) is 46.5 Å². The van der Waals surface area contributed by atoms with E-state index in [0.29, 0.717) is 13.8 Å². The van der Waals surface area contributed by atoms with Gasteiger partial charge in [0.15, 0.2) is 5.41 Å². The van der Waals surface area contributed by atoms with Crippen molar-refractivity contribution in [1.29, 1.82) is 0 Å². The summed E-state index contributed by atoms with van der Waals surface area (Å²) >= 11 is 0. The lowest BCUT2D eigenvalue weighted by molar-refractivity contribution is -0.374. The van der Waals surface area contributed by atoms with Crippen LogP contribution in [0.25, 0.3) is 0 Å². The molecule has 0 saturated heterocycles. The smallest absolute Gasteiger partial charge is 0.426 e. The maximum atomic E-state index is 12.8. The van der Waals surface area contributed by atoms with Crippen LogP contribution in [0, 0.1) is 5.41 Å². The van der Waals surface area contributed by atoms with Gasteiger partial charge in [-0.2, -0.15) is 39.5 Å². The van der Waals surface area contributed by atoms with Crippen LogP contribution in [0.1, 0.15) is 33.6 Å². The first kappa shape index (κ1) is 22.8. The monoisotopic (exact) mass is 378 g/mol. The van der Waals surface area contributed by atoms with Crippen molar-refractivity contribution in [3.63, 3.8) is 0 Å². The number of hydrogen-bond acceptors (Lipinski definition) is 3. The Labute approximate surface area is 130 Å². The molecule has 0 heterocycles. The van der Waals surface area contributed by atoms with Gasteiger partial charge in [-0.05, 0) is 20.3 Å². The Morgan fingerprint density at radius 2 is 1.33 bits per heavy atom. The minimum Gasteiger partial charge on any atom is -0.462 e. The molecule has 0 aliphatic rings. The molecule has 0 aliphatic carbocycles. The SMILES string of the molecule is CCC(C)(C(=O)OC(C)CC(O)(C(F)(F)F)C(F)(F)F)C(F)(F)F. The second-order valence-corrected chi connectivity index (χ2v) is 5.46. The third kappa shape index (κ3) is 4.25. The number of hydrogen-bond donors (Lipinski definition) is 1. The summed E-state index contributed by atoms with van der Waals surface area (Å²) in [4.78, 5) is 11.6. The predicted octanol–water partition coefficient (Wildman–Crippen LogP) is 4.14. The van der Waals surface area contributed by atoms with E-state index in [1.807, 2.05) is 0 Å². The summed E-state index contributed by atoms with van der Waals surface area (Å²) in [6, 6.07) is 0. The van der Waals surface area contributed by atoms with Crippen LogP contribution in [0.5, 0.6) is 0 Å². The number of ether oxygens (including phenoxy) is 1. The van der Waals surface area contributed by atoms with Gasteiger partial charge in [0.25, 0.3) is 5.60 Å². The van der Waals surface area contributed by atoms with Gasteiger partial charge in [-0.25, -0.2) is 0 Å². The number of halogens is 9. The molecule has 0 radical (unpaired) electrons. The van der Waals surface area contributed by atoms with Gasteiger partial charge in [-0.3, -0.25) is 4.79 Å². The van der Waals surface area contributed by atoms with Gasteiger partial charge in [-0.15, -0.1) is 0 Å². The van der Waals surface area contributed by atoms with Gasteiger partial charge in [-0.1, -0.05) is 6.92 Å². The van der Waals surface area contributed by atoms with Crippen LogP contribution in [0.3, 0.4) is 0 Å². The van der Waals surface area contributed by atoms with Crippen LogP contribution in [0.15, 0.2) is 0 Å². The van der Waals surface area contributed by atoms with Gasteiger partial charge in [0.05, 0.1) is 0 Å². The first-order valence-corrected chi connectivity index (χ1v) is 6.47. The van der Waals surface area contributed by atoms with Gasteiger partial charge < -0.3 is 9.84 Å². The molecule has 0 fully saturated rings. The molecule has 0 aromatic heterocycles. The number of aliphatic hydroxyl groups is 1. The van der Waals surface area contributed by atoms with Crippen molar-refractivity contribution in [3.8, 4) is 0 Å². The number of carbonyl (C=O) groups is 1. The zero-order chi connectivity index (χ0) is 19.8. The van der Waals surface area contributed by atoms with E-state index in [0.717, 1.165) is 6.92 Å². The summed E-state index contributed by atoms with van der Waals surface area (Å²) in [5, 5.41) is 8.92. The van der Waals surface area contributed by atoms with Crippen molar-refractivity contribution < 1.29 is 54.2 Å². The van der Waals surface area contributed by atoms with E-state index in [-0.39, 0.29) is 0 Å². The van der Waals surface area contributed by atoms with Crippen molar-refractivity contribution in [3.05, 3.63) is 0 Å². The summed E-state index contributed by atoms with van der Waals surface area (Å²) in [5.41, 5.74) is -8.32. The van der Waals surface area contributed by atoms with Crippen LogP contribution < -0.4 is 0 Å². The molecule has 0 aromatic carbocycles. The summed E-state index contributed by atoms with van der Waals surface area (Å²) in [7, 11) is 0. The summed E-state index contributed by atoms with van der Waals surface area (Å²) in [6.45, 7) is 1.87. The molecule has 1 N–H and O–H groups in total. The van der Waals surface area contributed by atoms with Crippen LogP contribution in [-0.2, 0) is 9.53 Å². The first-order valence-electron chi connectivity index (χ1n) is 6.47. The highest BCUT2D eigenvalue weighted by Gasteiger charge is 2.70. The Bertz CT molecular complexity index is 438. The molecule has 0 aromatic rings. The third-order valence-electron chi connectivity index (χ3n) is 3.61. The van der Waals surface area contributed by atoms with Gasteiger partial charge in [0.1, 0.15) is 6.10 Å². The van der Waals surface area contributed by atoms with E-state index >= 15 is 0 Å². The number of esters is 1. The maximum Gasteiger partial charge on any atom is 0.426 e. The van der Waals surface area contributed by atoms with Gasteiger partial charge in [0, 0.05) is 6.42 Å². The average Bonchev–Trinajstić information content (AvgIpc) is 2.32. The zero-order valence-corrected chi connectivity index (χ0v) is 12.7. The Morgan fingerprint density at radius 1 is 0.958 bits per heavy atom. The molecule has 144 valence electrons. The molecule has 0 aliphatic heterocycles. The molecule has 24 heavy (non-hydrogen) atoms. The van der Waals surface area contributed by atoms with Gasteiger partial charge >= 0.3 is 24.5 Å². The normalized spacial score (nSPS) is 18.0. The minimum atomic E-state index is -6.16. The lowest BCUT2D eigenvalue weighted by atomic mass is 9.86. The van der Waals surface area contributed by atoms with Crippen molar-refractivity contribution >= 4 is 5.97 Å². The molecule has 12 heteroatoms. The molecule has 0 spiro atoms. The van der Waals surface area contributed by atoms with Crippen molar-refractivity contribution in [2.24, 2.45) is 5.41 Å². The van der Waals surface area contributed by atoms with E-state index in [1.165, 1.54) is 0 Å². The van der Waals surface area contributed by atoms with E-state index < -0.39 is 54.5 Å². The molecule has 2 atom stereocenters. The highest BCUT2D eigenvalue weighted by Crippen LogP contribution is 2.47. The fourth-order valence-electron chi connectivity index (χ4n) is 1.62. The summed E-state index contributed by atoms with van der Waals surface area (Å²) in [6.07, 6.45) is -22.8. The molecule has 0 saturated carbocycles. The van der Waals surface area contributed by atoms with Crippen LogP contribution in [0.2, 0.25) is 0 Å². The van der Waals surface area contributed by atoms with Gasteiger partial charge in [0.2, 0.25) is 0 Å². The minimum absolute atomic E-state index is 0.405. The highest BCUT2D eigenvalue weighted by atomic mass is 19.4. The lowest BCUT2D eigenvalue weighted by Gasteiger charge is -2.35. The molecule has 0 rings (SSSR count). The Hall–Kier alpha value is -1.20. The van der Waals surface area contributed by atoms with Crippen molar-refractivity contribution in [2.45, 2.75) is 63.8 Å².